The number of halogens is 2. The van der Waals surface area contributed by atoms with Gasteiger partial charge in [-0.05, 0) is 12.8 Å². The molecule has 1 aromatic rings. The van der Waals surface area contributed by atoms with Crippen LogP contribution in [0.1, 0.15) is 12.8 Å². The molecule has 1 aliphatic rings. The van der Waals surface area contributed by atoms with Gasteiger partial charge in [0.05, 0.1) is 17.4 Å². The molecule has 1 saturated heterocycles. The zero-order valence-electron chi connectivity index (χ0n) is 10.9. The standard InChI is InChI=1S/C11H17Cl2N5OS/c12-3-4-16-20(19)18-5-1-10(2-6-18)17-11-14-7-9(13)8-15-11/h7-8,10,16H,1-6H2,(H,14,15,17). The first-order chi connectivity index (χ1) is 9.69. The number of anilines is 1. The number of alkyl halides is 1. The van der Waals surface area contributed by atoms with Gasteiger partial charge < -0.3 is 5.32 Å². The predicted molar refractivity (Wildman–Crippen MR) is 82.1 cm³/mol. The summed E-state index contributed by atoms with van der Waals surface area (Å²) in [6.45, 7) is 2.06. The van der Waals surface area contributed by atoms with Gasteiger partial charge in [0.25, 0.3) is 0 Å². The van der Waals surface area contributed by atoms with Crippen LogP contribution >= 0.6 is 23.2 Å². The lowest BCUT2D eigenvalue weighted by molar-refractivity contribution is 0.342. The van der Waals surface area contributed by atoms with Gasteiger partial charge in [-0.25, -0.2) is 23.2 Å². The Labute approximate surface area is 131 Å². The Morgan fingerprint density at radius 3 is 2.60 bits per heavy atom. The number of aromatic nitrogens is 2. The highest BCUT2D eigenvalue weighted by Crippen LogP contribution is 2.15. The van der Waals surface area contributed by atoms with Gasteiger partial charge in [0, 0.05) is 31.6 Å². The summed E-state index contributed by atoms with van der Waals surface area (Å²) in [5.41, 5.74) is 0. The summed E-state index contributed by atoms with van der Waals surface area (Å²) in [7, 11) is 0. The van der Waals surface area contributed by atoms with Gasteiger partial charge in [-0.2, -0.15) is 0 Å². The maximum atomic E-state index is 11.9. The van der Waals surface area contributed by atoms with Crippen LogP contribution in [0, 0.1) is 0 Å². The molecule has 0 saturated carbocycles. The predicted octanol–water partition coefficient (Wildman–Crippen LogP) is 1.41. The third kappa shape index (κ3) is 4.82. The second kappa shape index (κ2) is 8.09. The summed E-state index contributed by atoms with van der Waals surface area (Å²) in [6, 6.07) is 0.289. The van der Waals surface area contributed by atoms with Crippen molar-refractivity contribution in [3.05, 3.63) is 17.4 Å². The average Bonchev–Trinajstić information content (AvgIpc) is 2.48. The Balaban J connectivity index is 1.76. The lowest BCUT2D eigenvalue weighted by Crippen LogP contribution is -2.44. The molecule has 0 radical (unpaired) electrons. The molecule has 0 aliphatic carbocycles. The van der Waals surface area contributed by atoms with E-state index >= 15 is 0 Å². The number of rotatable bonds is 6. The normalized spacial score (nSPS) is 18.9. The lowest BCUT2D eigenvalue weighted by atomic mass is 10.1. The second-order valence-corrected chi connectivity index (χ2v) is 6.52. The van der Waals surface area contributed by atoms with E-state index in [0.717, 1.165) is 25.9 Å². The van der Waals surface area contributed by atoms with E-state index < -0.39 is 11.2 Å². The monoisotopic (exact) mass is 337 g/mol. The summed E-state index contributed by atoms with van der Waals surface area (Å²) < 4.78 is 16.7. The summed E-state index contributed by atoms with van der Waals surface area (Å²) in [5.74, 6) is 1.03. The van der Waals surface area contributed by atoms with E-state index in [0.29, 0.717) is 23.4 Å². The minimum Gasteiger partial charge on any atom is -0.351 e. The van der Waals surface area contributed by atoms with Crippen LogP contribution in [0.4, 0.5) is 5.95 Å². The van der Waals surface area contributed by atoms with Crippen molar-refractivity contribution in [2.45, 2.75) is 18.9 Å². The highest BCUT2D eigenvalue weighted by molar-refractivity contribution is 7.80. The van der Waals surface area contributed by atoms with Crippen molar-refractivity contribution < 1.29 is 4.21 Å². The number of nitrogens with one attached hydrogen (secondary N) is 2. The van der Waals surface area contributed by atoms with E-state index in [2.05, 4.69) is 20.0 Å². The molecule has 1 unspecified atom stereocenters. The minimum atomic E-state index is -1.15. The first kappa shape index (κ1) is 15.9. The van der Waals surface area contributed by atoms with Crippen LogP contribution in [0.2, 0.25) is 5.02 Å². The fourth-order valence-electron chi connectivity index (χ4n) is 1.95. The van der Waals surface area contributed by atoms with Gasteiger partial charge in [0.1, 0.15) is 0 Å². The van der Waals surface area contributed by atoms with Crippen LogP contribution in [0.15, 0.2) is 12.4 Å². The SMILES string of the molecule is O=S(NCCCl)N1CCC(Nc2ncc(Cl)cn2)CC1. The molecular weight excluding hydrogens is 321 g/mol. The van der Waals surface area contributed by atoms with Gasteiger partial charge in [-0.15, -0.1) is 11.6 Å². The van der Waals surface area contributed by atoms with Gasteiger partial charge in [0.15, 0.2) is 11.2 Å². The molecule has 2 N–H and O–H groups in total. The Bertz CT molecular complexity index is 439. The Morgan fingerprint density at radius 1 is 1.35 bits per heavy atom. The van der Waals surface area contributed by atoms with Crippen LogP contribution in [0.5, 0.6) is 0 Å². The van der Waals surface area contributed by atoms with Crippen molar-refractivity contribution >= 4 is 40.3 Å². The molecule has 0 amide bonds. The first-order valence-electron chi connectivity index (χ1n) is 6.39. The smallest absolute Gasteiger partial charge is 0.222 e. The molecule has 2 heterocycles. The van der Waals surface area contributed by atoms with Crippen molar-refractivity contribution in [1.29, 1.82) is 0 Å². The maximum Gasteiger partial charge on any atom is 0.222 e. The first-order valence-corrected chi connectivity index (χ1v) is 8.41. The van der Waals surface area contributed by atoms with Gasteiger partial charge in [-0.3, -0.25) is 0 Å². The third-order valence-corrected chi connectivity index (χ3v) is 4.63. The maximum absolute atomic E-state index is 11.9. The largest absolute Gasteiger partial charge is 0.351 e. The van der Waals surface area contributed by atoms with Crippen LogP contribution in [-0.2, 0) is 11.2 Å². The summed E-state index contributed by atoms with van der Waals surface area (Å²) >= 11 is 10.2. The van der Waals surface area contributed by atoms with Crippen molar-refractivity contribution in [2.24, 2.45) is 0 Å². The Hall–Kier alpha value is -0.470. The summed E-state index contributed by atoms with van der Waals surface area (Å²) in [5, 5.41) is 3.78. The quantitative estimate of drug-likeness (QED) is 0.770. The number of nitrogens with zero attached hydrogens (tertiary/aromatic N) is 3. The zero-order valence-corrected chi connectivity index (χ0v) is 13.2. The van der Waals surface area contributed by atoms with Gasteiger partial charge in [0.2, 0.25) is 5.95 Å². The van der Waals surface area contributed by atoms with Crippen molar-refractivity contribution in [2.75, 3.05) is 30.8 Å². The molecule has 1 fully saturated rings. The van der Waals surface area contributed by atoms with Crippen molar-refractivity contribution in [1.82, 2.24) is 19.0 Å². The van der Waals surface area contributed by atoms with Crippen molar-refractivity contribution in [3.8, 4) is 0 Å². The van der Waals surface area contributed by atoms with Crippen LogP contribution in [-0.4, -0.2) is 50.0 Å². The molecule has 0 spiro atoms. The van der Waals surface area contributed by atoms with E-state index in [1.54, 1.807) is 12.4 Å². The average molecular weight is 338 g/mol. The molecule has 1 atom stereocenters. The molecule has 20 heavy (non-hydrogen) atoms. The number of hydrogen-bond donors (Lipinski definition) is 2. The molecular formula is C11H17Cl2N5OS. The fourth-order valence-corrected chi connectivity index (χ4v) is 3.26. The molecule has 2 rings (SSSR count). The molecule has 112 valence electrons. The summed E-state index contributed by atoms with van der Waals surface area (Å²) in [6.07, 6.45) is 4.91. The van der Waals surface area contributed by atoms with E-state index in [9.17, 15) is 4.21 Å². The molecule has 0 aromatic carbocycles. The van der Waals surface area contributed by atoms with Gasteiger partial charge in [-0.1, -0.05) is 11.6 Å². The zero-order chi connectivity index (χ0) is 14.4. The molecule has 6 nitrogen and oxygen atoms in total. The topological polar surface area (TPSA) is 70.2 Å². The highest BCUT2D eigenvalue weighted by Gasteiger charge is 2.23. The number of piperidine rings is 1. The molecule has 1 aromatic heterocycles. The van der Waals surface area contributed by atoms with E-state index in [1.807, 2.05) is 4.31 Å². The number of hydrogen-bond acceptors (Lipinski definition) is 4. The third-order valence-electron chi connectivity index (χ3n) is 2.96. The lowest BCUT2D eigenvalue weighted by Gasteiger charge is -2.31. The molecule has 0 bridgehead atoms. The van der Waals surface area contributed by atoms with Crippen LogP contribution in [0.3, 0.4) is 0 Å². The highest BCUT2D eigenvalue weighted by atomic mass is 35.5. The minimum absolute atomic E-state index is 0.289. The van der Waals surface area contributed by atoms with Crippen molar-refractivity contribution in [3.63, 3.8) is 0 Å². The second-order valence-electron chi connectivity index (χ2n) is 4.40. The van der Waals surface area contributed by atoms with Gasteiger partial charge >= 0.3 is 0 Å². The van der Waals surface area contributed by atoms with Crippen LogP contribution < -0.4 is 10.0 Å². The van der Waals surface area contributed by atoms with E-state index in [-0.39, 0.29) is 6.04 Å². The molecule has 1 aliphatic heterocycles. The summed E-state index contributed by atoms with van der Waals surface area (Å²) in [4.78, 5) is 8.22. The molecule has 9 heteroatoms. The van der Waals surface area contributed by atoms with E-state index in [1.165, 1.54) is 0 Å². The Morgan fingerprint density at radius 2 is 2.00 bits per heavy atom. The van der Waals surface area contributed by atoms with E-state index in [4.69, 9.17) is 23.2 Å². The fraction of sp³-hybridized carbons (Fsp3) is 0.636. The van der Waals surface area contributed by atoms with Crippen LogP contribution in [0.25, 0.3) is 0 Å². The Kier molecular flexibility index (Phi) is 6.44.